The highest BCUT2D eigenvalue weighted by molar-refractivity contribution is 7.89. The van der Waals surface area contributed by atoms with Gasteiger partial charge in [-0.3, -0.25) is 4.79 Å². The van der Waals surface area contributed by atoms with Gasteiger partial charge in [0.25, 0.3) is 0 Å². The molecule has 1 fully saturated rings. The van der Waals surface area contributed by atoms with Crippen molar-refractivity contribution in [3.05, 3.63) is 89.9 Å². The fourth-order valence-corrected chi connectivity index (χ4v) is 6.24. The van der Waals surface area contributed by atoms with Crippen molar-refractivity contribution < 1.29 is 17.6 Å². The van der Waals surface area contributed by atoms with Crippen LogP contribution >= 0.6 is 0 Å². The second-order valence-electron chi connectivity index (χ2n) is 8.32. The Morgan fingerprint density at radius 1 is 0.939 bits per heavy atom. The first-order valence-corrected chi connectivity index (χ1v) is 12.3. The summed E-state index contributed by atoms with van der Waals surface area (Å²) < 4.78 is 41.4. The van der Waals surface area contributed by atoms with Crippen LogP contribution in [0.4, 0.5) is 4.39 Å². The van der Waals surface area contributed by atoms with Crippen LogP contribution in [-0.2, 0) is 10.0 Å². The number of piperidine rings is 1. The Kier molecular flexibility index (Phi) is 5.60. The maximum absolute atomic E-state index is 14.1. The Morgan fingerprint density at radius 3 is 2.33 bits per heavy atom. The van der Waals surface area contributed by atoms with E-state index in [0.29, 0.717) is 31.5 Å². The van der Waals surface area contributed by atoms with Gasteiger partial charge in [-0.25, -0.2) is 12.8 Å². The van der Waals surface area contributed by atoms with E-state index in [1.807, 2.05) is 42.6 Å². The van der Waals surface area contributed by atoms with Crippen molar-refractivity contribution in [1.82, 2.24) is 9.29 Å². The summed E-state index contributed by atoms with van der Waals surface area (Å²) in [7, 11) is -3.88. The van der Waals surface area contributed by atoms with Crippen LogP contribution in [0.1, 0.15) is 34.7 Å². The van der Waals surface area contributed by atoms with E-state index in [0.717, 1.165) is 33.9 Å². The number of sulfonamides is 1. The van der Waals surface area contributed by atoms with E-state index in [2.05, 4.69) is 11.1 Å². The fraction of sp³-hybridized carbons (Fsp3) is 0.192. The number of fused-ring (bicyclic) bond motifs is 1. The topological polar surface area (TPSA) is 70.2 Å². The van der Waals surface area contributed by atoms with Crippen molar-refractivity contribution in [2.45, 2.75) is 23.7 Å². The standard InChI is InChI=1S/C26H23FN2O3S/c27-24-8-4-5-9-25(24)33(31,32)29-12-10-19(11-13-29)23-16-28-26-21(17-30)14-20(15-22(23)26)18-6-2-1-3-7-18/h1-9,14-17,19,28H,10-13H2. The summed E-state index contributed by atoms with van der Waals surface area (Å²) >= 11 is 0. The zero-order valence-corrected chi connectivity index (χ0v) is 18.7. The molecule has 33 heavy (non-hydrogen) atoms. The lowest BCUT2D eigenvalue weighted by Gasteiger charge is -2.31. The molecule has 2 heterocycles. The summed E-state index contributed by atoms with van der Waals surface area (Å²) in [6.07, 6.45) is 4.02. The Balaban J connectivity index is 1.44. The summed E-state index contributed by atoms with van der Waals surface area (Å²) in [5, 5.41) is 0.980. The molecule has 0 saturated carbocycles. The van der Waals surface area contributed by atoms with E-state index >= 15 is 0 Å². The molecule has 0 atom stereocenters. The minimum atomic E-state index is -3.88. The van der Waals surface area contributed by atoms with Gasteiger partial charge in [-0.15, -0.1) is 0 Å². The normalized spacial score (nSPS) is 15.7. The van der Waals surface area contributed by atoms with Crippen molar-refractivity contribution in [3.8, 4) is 11.1 Å². The molecule has 4 aromatic rings. The average molecular weight is 463 g/mol. The largest absolute Gasteiger partial charge is 0.360 e. The number of benzene rings is 3. The SMILES string of the molecule is O=Cc1cc(-c2ccccc2)cc2c(C3CCN(S(=O)(=O)c4ccccc4F)CC3)c[nH]c12. The Morgan fingerprint density at radius 2 is 1.64 bits per heavy atom. The van der Waals surface area contributed by atoms with Crippen molar-refractivity contribution >= 4 is 27.2 Å². The minimum Gasteiger partial charge on any atom is -0.360 e. The van der Waals surface area contributed by atoms with E-state index < -0.39 is 15.8 Å². The van der Waals surface area contributed by atoms with E-state index in [9.17, 15) is 17.6 Å². The quantitative estimate of drug-likeness (QED) is 0.406. The lowest BCUT2D eigenvalue weighted by molar-refractivity contribution is 0.112. The van der Waals surface area contributed by atoms with Crippen LogP contribution in [0.2, 0.25) is 0 Å². The number of carbonyl (C=O) groups is 1. The highest BCUT2D eigenvalue weighted by Gasteiger charge is 2.32. The zero-order valence-electron chi connectivity index (χ0n) is 17.9. The van der Waals surface area contributed by atoms with Crippen LogP contribution in [0.5, 0.6) is 0 Å². The van der Waals surface area contributed by atoms with Crippen molar-refractivity contribution in [1.29, 1.82) is 0 Å². The Bertz CT molecular complexity index is 1420. The van der Waals surface area contributed by atoms with Gasteiger partial charge >= 0.3 is 0 Å². The molecule has 0 radical (unpaired) electrons. The van der Waals surface area contributed by atoms with Crippen LogP contribution in [0, 0.1) is 5.82 Å². The fourth-order valence-electron chi connectivity index (χ4n) is 4.71. The van der Waals surface area contributed by atoms with Gasteiger partial charge in [-0.05, 0) is 59.7 Å². The number of carbonyl (C=O) groups excluding carboxylic acids is 1. The van der Waals surface area contributed by atoms with Crippen molar-refractivity contribution in [3.63, 3.8) is 0 Å². The highest BCUT2D eigenvalue weighted by Crippen LogP contribution is 2.37. The second kappa shape index (κ2) is 8.57. The molecule has 0 unspecified atom stereocenters. The van der Waals surface area contributed by atoms with Gasteiger partial charge in [0.15, 0.2) is 6.29 Å². The Hall–Kier alpha value is -3.29. The van der Waals surface area contributed by atoms with Gasteiger partial charge in [-0.1, -0.05) is 42.5 Å². The molecule has 1 saturated heterocycles. The molecule has 0 spiro atoms. The van der Waals surface area contributed by atoms with Gasteiger partial charge in [0.05, 0.1) is 5.52 Å². The molecule has 168 valence electrons. The minimum absolute atomic E-state index is 0.136. The molecule has 1 aromatic heterocycles. The van der Waals surface area contributed by atoms with Gasteiger partial charge in [0.2, 0.25) is 10.0 Å². The van der Waals surface area contributed by atoms with Crippen LogP contribution in [0.25, 0.3) is 22.0 Å². The molecule has 5 rings (SSSR count). The molecule has 0 aliphatic carbocycles. The maximum atomic E-state index is 14.1. The summed E-state index contributed by atoms with van der Waals surface area (Å²) in [5.41, 5.74) is 4.46. The van der Waals surface area contributed by atoms with Crippen LogP contribution in [-0.4, -0.2) is 37.1 Å². The lowest BCUT2D eigenvalue weighted by Crippen LogP contribution is -2.38. The molecule has 0 amide bonds. The highest BCUT2D eigenvalue weighted by atomic mass is 32.2. The van der Waals surface area contributed by atoms with E-state index in [1.54, 1.807) is 0 Å². The first-order valence-electron chi connectivity index (χ1n) is 10.9. The molecule has 1 aliphatic rings. The molecule has 1 aliphatic heterocycles. The van der Waals surface area contributed by atoms with Crippen LogP contribution in [0.15, 0.2) is 77.8 Å². The molecular formula is C26H23FN2O3S. The molecular weight excluding hydrogens is 439 g/mol. The number of hydrogen-bond donors (Lipinski definition) is 1. The molecule has 7 heteroatoms. The molecule has 1 N–H and O–H groups in total. The summed E-state index contributed by atoms with van der Waals surface area (Å²) in [6, 6.07) is 19.4. The van der Waals surface area contributed by atoms with Gasteiger partial charge in [-0.2, -0.15) is 4.31 Å². The summed E-state index contributed by atoms with van der Waals surface area (Å²) in [5.74, 6) is -0.595. The molecule has 0 bridgehead atoms. The molecule has 3 aromatic carbocycles. The van der Waals surface area contributed by atoms with Crippen LogP contribution in [0.3, 0.4) is 0 Å². The van der Waals surface area contributed by atoms with E-state index in [1.165, 1.54) is 28.6 Å². The van der Waals surface area contributed by atoms with E-state index in [4.69, 9.17) is 0 Å². The number of aromatic nitrogens is 1. The number of halogens is 1. The van der Waals surface area contributed by atoms with Crippen molar-refractivity contribution in [2.24, 2.45) is 0 Å². The predicted molar refractivity (Wildman–Crippen MR) is 126 cm³/mol. The molecule has 5 nitrogen and oxygen atoms in total. The summed E-state index contributed by atoms with van der Waals surface area (Å²) in [4.78, 5) is 14.7. The zero-order chi connectivity index (χ0) is 23.0. The first kappa shape index (κ1) is 21.6. The van der Waals surface area contributed by atoms with Gasteiger partial charge < -0.3 is 4.98 Å². The third kappa shape index (κ3) is 3.87. The number of aldehydes is 1. The number of H-pyrrole nitrogens is 1. The Labute approximate surface area is 191 Å². The lowest BCUT2D eigenvalue weighted by atomic mass is 9.88. The summed E-state index contributed by atoms with van der Waals surface area (Å²) in [6.45, 7) is 0.625. The number of nitrogens with one attached hydrogen (secondary N) is 1. The predicted octanol–water partition coefficient (Wildman–Crippen LogP) is 5.35. The number of nitrogens with zero attached hydrogens (tertiary/aromatic N) is 1. The first-order chi connectivity index (χ1) is 16.0. The van der Waals surface area contributed by atoms with E-state index in [-0.39, 0.29) is 10.8 Å². The third-order valence-corrected chi connectivity index (χ3v) is 8.37. The van der Waals surface area contributed by atoms with Gasteiger partial charge in [0, 0.05) is 30.2 Å². The number of rotatable bonds is 5. The van der Waals surface area contributed by atoms with Gasteiger partial charge in [0.1, 0.15) is 10.7 Å². The third-order valence-electron chi connectivity index (χ3n) is 6.43. The smallest absolute Gasteiger partial charge is 0.245 e. The maximum Gasteiger partial charge on any atom is 0.245 e. The number of aromatic amines is 1. The van der Waals surface area contributed by atoms with Crippen LogP contribution < -0.4 is 0 Å². The number of hydrogen-bond acceptors (Lipinski definition) is 3. The van der Waals surface area contributed by atoms with Crippen molar-refractivity contribution in [2.75, 3.05) is 13.1 Å². The monoisotopic (exact) mass is 462 g/mol. The average Bonchev–Trinajstić information content (AvgIpc) is 3.28. The second-order valence-corrected chi connectivity index (χ2v) is 10.2.